The second-order valence-corrected chi connectivity index (χ2v) is 7.54. The molecule has 0 aliphatic carbocycles. The van der Waals surface area contributed by atoms with Gasteiger partial charge in [0.1, 0.15) is 6.04 Å². The zero-order valence-electron chi connectivity index (χ0n) is 15.4. The van der Waals surface area contributed by atoms with Gasteiger partial charge in [0.2, 0.25) is 5.91 Å². The molecule has 0 spiro atoms. The Morgan fingerprint density at radius 3 is 2.56 bits per heavy atom. The van der Waals surface area contributed by atoms with Crippen molar-refractivity contribution in [1.29, 1.82) is 0 Å². The Morgan fingerprint density at radius 2 is 1.89 bits per heavy atom. The van der Waals surface area contributed by atoms with Gasteiger partial charge < -0.3 is 19.7 Å². The zero-order valence-corrected chi connectivity index (χ0v) is 16.2. The fourth-order valence-corrected chi connectivity index (χ4v) is 4.05. The molecule has 1 atom stereocenters. The van der Waals surface area contributed by atoms with Crippen LogP contribution in [0.15, 0.2) is 18.2 Å². The Labute approximate surface area is 162 Å². The van der Waals surface area contributed by atoms with Crippen LogP contribution in [0.4, 0.5) is 4.79 Å². The molecule has 1 unspecified atom stereocenters. The van der Waals surface area contributed by atoms with Crippen molar-refractivity contribution in [3.05, 3.63) is 23.8 Å². The van der Waals surface area contributed by atoms with Crippen molar-refractivity contribution in [2.24, 2.45) is 0 Å². The summed E-state index contributed by atoms with van der Waals surface area (Å²) in [4.78, 5) is 40.1. The molecule has 2 fully saturated rings. The first-order valence-corrected chi connectivity index (χ1v) is 9.87. The van der Waals surface area contributed by atoms with Crippen LogP contribution in [-0.2, 0) is 16.1 Å². The van der Waals surface area contributed by atoms with E-state index in [0.717, 1.165) is 22.0 Å². The number of rotatable bonds is 6. The molecule has 2 aliphatic rings. The van der Waals surface area contributed by atoms with Gasteiger partial charge in [0.25, 0.3) is 5.91 Å². The molecule has 0 radical (unpaired) electrons. The number of nitrogens with one attached hydrogen (secondary N) is 1. The van der Waals surface area contributed by atoms with E-state index in [9.17, 15) is 14.4 Å². The summed E-state index contributed by atoms with van der Waals surface area (Å²) in [7, 11) is 3.06. The van der Waals surface area contributed by atoms with E-state index in [1.807, 2.05) is 11.8 Å². The van der Waals surface area contributed by atoms with E-state index < -0.39 is 12.1 Å². The van der Waals surface area contributed by atoms with Crippen molar-refractivity contribution >= 4 is 29.6 Å². The highest BCUT2D eigenvalue weighted by molar-refractivity contribution is 7.99. The van der Waals surface area contributed by atoms with Crippen molar-refractivity contribution in [3.8, 4) is 11.5 Å². The van der Waals surface area contributed by atoms with Crippen LogP contribution < -0.4 is 14.8 Å². The van der Waals surface area contributed by atoms with Gasteiger partial charge >= 0.3 is 6.03 Å². The lowest BCUT2D eigenvalue weighted by Gasteiger charge is -2.27. The molecule has 9 heteroatoms. The first kappa shape index (κ1) is 19.3. The van der Waals surface area contributed by atoms with E-state index in [-0.39, 0.29) is 24.8 Å². The Morgan fingerprint density at radius 1 is 1.19 bits per heavy atom. The number of carbonyl (C=O) groups excluding carboxylic acids is 3. The summed E-state index contributed by atoms with van der Waals surface area (Å²) < 4.78 is 10.4. The van der Waals surface area contributed by atoms with Crippen LogP contribution in [0.5, 0.6) is 11.5 Å². The molecule has 1 aromatic rings. The number of benzene rings is 1. The minimum atomic E-state index is -0.806. The molecule has 3 rings (SSSR count). The second-order valence-electron chi connectivity index (χ2n) is 6.31. The van der Waals surface area contributed by atoms with Gasteiger partial charge in [-0.1, -0.05) is 6.07 Å². The van der Waals surface area contributed by atoms with Crippen LogP contribution in [0.1, 0.15) is 12.0 Å². The maximum atomic E-state index is 12.6. The monoisotopic (exact) mass is 393 g/mol. The minimum absolute atomic E-state index is 0.00231. The molecule has 2 heterocycles. The molecule has 2 saturated heterocycles. The van der Waals surface area contributed by atoms with Crippen molar-refractivity contribution in [3.63, 3.8) is 0 Å². The Balaban J connectivity index is 1.64. The number of nitrogens with zero attached hydrogens (tertiary/aromatic N) is 2. The molecule has 27 heavy (non-hydrogen) atoms. The van der Waals surface area contributed by atoms with E-state index >= 15 is 0 Å². The normalized spacial score (nSPS) is 19.9. The van der Waals surface area contributed by atoms with Gasteiger partial charge in [0.15, 0.2) is 11.5 Å². The van der Waals surface area contributed by atoms with Gasteiger partial charge in [-0.25, -0.2) is 4.79 Å². The zero-order chi connectivity index (χ0) is 19.4. The molecule has 1 N–H and O–H groups in total. The highest BCUT2D eigenvalue weighted by atomic mass is 32.2. The third-order valence-corrected chi connectivity index (χ3v) is 5.58. The summed E-state index contributed by atoms with van der Waals surface area (Å²) in [5.41, 5.74) is 0.733. The van der Waals surface area contributed by atoms with Crippen molar-refractivity contribution in [1.82, 2.24) is 15.1 Å². The second kappa shape index (κ2) is 8.51. The van der Waals surface area contributed by atoms with Gasteiger partial charge in [-0.3, -0.25) is 14.5 Å². The average molecular weight is 393 g/mol. The third kappa shape index (κ3) is 4.29. The molecule has 8 nitrogen and oxygen atoms in total. The quantitative estimate of drug-likeness (QED) is 0.728. The standard InChI is InChI=1S/C18H23N3O5S/c1-25-14-4-3-12(9-15(14)26-2)11-21-17(23)13(19-18(21)24)10-16(22)20-5-7-27-8-6-20/h3-4,9,13H,5-8,10-11H2,1-2H3,(H,19,24). The van der Waals surface area contributed by atoms with E-state index in [2.05, 4.69) is 5.32 Å². The van der Waals surface area contributed by atoms with Crippen molar-refractivity contribution in [2.45, 2.75) is 19.0 Å². The van der Waals surface area contributed by atoms with Crippen LogP contribution in [-0.4, -0.2) is 72.5 Å². The number of amides is 4. The summed E-state index contributed by atoms with van der Waals surface area (Å²) >= 11 is 1.81. The number of ether oxygens (including phenoxy) is 2. The first-order valence-electron chi connectivity index (χ1n) is 8.71. The summed E-state index contributed by atoms with van der Waals surface area (Å²) in [6.45, 7) is 1.48. The molecule has 146 valence electrons. The van der Waals surface area contributed by atoms with E-state index in [1.54, 1.807) is 23.1 Å². The first-order chi connectivity index (χ1) is 13.0. The predicted molar refractivity (Wildman–Crippen MR) is 101 cm³/mol. The molecule has 1 aromatic carbocycles. The van der Waals surface area contributed by atoms with Crippen LogP contribution in [0.2, 0.25) is 0 Å². The van der Waals surface area contributed by atoms with Crippen molar-refractivity contribution in [2.75, 3.05) is 38.8 Å². The van der Waals surface area contributed by atoms with Crippen LogP contribution >= 0.6 is 11.8 Å². The fraction of sp³-hybridized carbons (Fsp3) is 0.500. The summed E-state index contributed by atoms with van der Waals surface area (Å²) in [5.74, 6) is 2.43. The lowest BCUT2D eigenvalue weighted by Crippen LogP contribution is -2.42. The predicted octanol–water partition coefficient (Wildman–Crippen LogP) is 1.09. The van der Waals surface area contributed by atoms with Crippen molar-refractivity contribution < 1.29 is 23.9 Å². The van der Waals surface area contributed by atoms with Crippen LogP contribution in [0, 0.1) is 0 Å². The summed E-state index contributed by atoms with van der Waals surface area (Å²) in [6, 6.07) is 3.93. The maximum absolute atomic E-state index is 12.6. The average Bonchev–Trinajstić information content (AvgIpc) is 2.95. The van der Waals surface area contributed by atoms with E-state index in [1.165, 1.54) is 14.2 Å². The topological polar surface area (TPSA) is 88.2 Å². The number of thioether (sulfide) groups is 1. The van der Waals surface area contributed by atoms with E-state index in [4.69, 9.17) is 9.47 Å². The van der Waals surface area contributed by atoms with Crippen LogP contribution in [0.3, 0.4) is 0 Å². The van der Waals surface area contributed by atoms with E-state index in [0.29, 0.717) is 24.6 Å². The molecule has 2 aliphatic heterocycles. The third-order valence-electron chi connectivity index (χ3n) is 4.64. The molecule has 0 aromatic heterocycles. The van der Waals surface area contributed by atoms with Gasteiger partial charge in [0.05, 0.1) is 27.2 Å². The number of carbonyl (C=O) groups is 3. The Hall–Kier alpha value is -2.42. The molecular weight excluding hydrogens is 370 g/mol. The Bertz CT molecular complexity index is 736. The lowest BCUT2D eigenvalue weighted by atomic mass is 10.1. The highest BCUT2D eigenvalue weighted by Crippen LogP contribution is 2.28. The molecule has 0 saturated carbocycles. The summed E-state index contributed by atoms with van der Waals surface area (Å²) in [6.07, 6.45) is -0.00231. The number of hydrogen-bond acceptors (Lipinski definition) is 6. The SMILES string of the molecule is COc1ccc(CN2C(=O)NC(CC(=O)N3CCSCC3)C2=O)cc1OC. The number of methoxy groups -OCH3 is 2. The number of hydrogen-bond donors (Lipinski definition) is 1. The number of urea groups is 1. The van der Waals surface area contributed by atoms with Gasteiger partial charge in [-0.15, -0.1) is 0 Å². The smallest absolute Gasteiger partial charge is 0.325 e. The molecule has 4 amide bonds. The minimum Gasteiger partial charge on any atom is -0.493 e. The lowest BCUT2D eigenvalue weighted by molar-refractivity contribution is -0.135. The van der Waals surface area contributed by atoms with Gasteiger partial charge in [0, 0.05) is 24.6 Å². The Kier molecular flexibility index (Phi) is 6.10. The molecular formula is C18H23N3O5S. The largest absolute Gasteiger partial charge is 0.493 e. The van der Waals surface area contributed by atoms with Crippen LogP contribution in [0.25, 0.3) is 0 Å². The highest BCUT2D eigenvalue weighted by Gasteiger charge is 2.39. The fourth-order valence-electron chi connectivity index (χ4n) is 3.14. The van der Waals surface area contributed by atoms with Gasteiger partial charge in [-0.05, 0) is 17.7 Å². The molecule has 0 bridgehead atoms. The summed E-state index contributed by atoms with van der Waals surface area (Å²) in [5, 5.41) is 2.62. The number of imide groups is 1. The van der Waals surface area contributed by atoms with Gasteiger partial charge in [-0.2, -0.15) is 11.8 Å². The maximum Gasteiger partial charge on any atom is 0.325 e.